The SMILES string of the molecule is Cn1nncc1C(=O)NC1CCC(Nc2cccc3nc(C(F)(F)F)cn23)CC1. The average molecular weight is 407 g/mol. The molecule has 0 unspecified atom stereocenters. The zero-order valence-corrected chi connectivity index (χ0v) is 15.6. The standard InChI is InChI=1S/C18H20F3N7O/c1-27-13(9-22-26-27)17(29)24-12-7-5-11(6-8-12)23-15-3-2-4-16-25-14(10-28(15)16)18(19,20)21/h2-4,9-12,23H,5-8H2,1H3,(H,24,29). The van der Waals surface area contributed by atoms with E-state index < -0.39 is 11.9 Å². The Bertz CT molecular complexity index is 1020. The van der Waals surface area contributed by atoms with Crippen molar-refractivity contribution >= 4 is 17.4 Å². The number of aromatic nitrogens is 5. The van der Waals surface area contributed by atoms with Gasteiger partial charge in [0.2, 0.25) is 0 Å². The van der Waals surface area contributed by atoms with E-state index in [-0.39, 0.29) is 23.6 Å². The molecule has 0 atom stereocenters. The Kier molecular flexibility index (Phi) is 4.89. The summed E-state index contributed by atoms with van der Waals surface area (Å²) in [5.41, 5.74) is -0.270. The molecule has 0 bridgehead atoms. The fourth-order valence-corrected chi connectivity index (χ4v) is 3.61. The lowest BCUT2D eigenvalue weighted by Gasteiger charge is -2.30. The van der Waals surface area contributed by atoms with Crippen LogP contribution in [0.3, 0.4) is 0 Å². The first-order valence-corrected chi connectivity index (χ1v) is 9.28. The fourth-order valence-electron chi connectivity index (χ4n) is 3.61. The third-order valence-electron chi connectivity index (χ3n) is 5.14. The molecule has 154 valence electrons. The van der Waals surface area contributed by atoms with Crippen LogP contribution in [0, 0.1) is 0 Å². The predicted molar refractivity (Wildman–Crippen MR) is 98.3 cm³/mol. The van der Waals surface area contributed by atoms with E-state index in [4.69, 9.17) is 0 Å². The van der Waals surface area contributed by atoms with Gasteiger partial charge in [-0.15, -0.1) is 5.10 Å². The monoisotopic (exact) mass is 407 g/mol. The first kappa shape index (κ1) is 19.2. The Morgan fingerprint density at radius 1 is 1.17 bits per heavy atom. The van der Waals surface area contributed by atoms with Gasteiger partial charge in [0.25, 0.3) is 5.91 Å². The summed E-state index contributed by atoms with van der Waals surface area (Å²) in [5.74, 6) is 0.357. The average Bonchev–Trinajstić information content (AvgIpc) is 3.30. The van der Waals surface area contributed by atoms with Gasteiger partial charge in [0.15, 0.2) is 5.69 Å². The Labute approximate surface area is 164 Å². The molecule has 3 heterocycles. The number of imidazole rings is 1. The number of pyridine rings is 1. The molecule has 0 spiro atoms. The van der Waals surface area contributed by atoms with Crippen molar-refractivity contribution in [2.24, 2.45) is 7.05 Å². The van der Waals surface area contributed by atoms with Crippen LogP contribution >= 0.6 is 0 Å². The number of hydrogen-bond acceptors (Lipinski definition) is 5. The van der Waals surface area contributed by atoms with Crippen LogP contribution in [0.2, 0.25) is 0 Å². The van der Waals surface area contributed by atoms with Crippen molar-refractivity contribution in [1.82, 2.24) is 29.7 Å². The third-order valence-corrected chi connectivity index (χ3v) is 5.14. The van der Waals surface area contributed by atoms with Crippen LogP contribution in [-0.4, -0.2) is 42.4 Å². The number of fused-ring (bicyclic) bond motifs is 1. The zero-order valence-electron chi connectivity index (χ0n) is 15.6. The number of nitrogens with zero attached hydrogens (tertiary/aromatic N) is 5. The van der Waals surface area contributed by atoms with Crippen LogP contribution in [0.15, 0.2) is 30.6 Å². The molecule has 1 aliphatic carbocycles. The van der Waals surface area contributed by atoms with Gasteiger partial charge in [-0.2, -0.15) is 13.2 Å². The number of alkyl halides is 3. The minimum Gasteiger partial charge on any atom is -0.368 e. The Morgan fingerprint density at radius 2 is 1.90 bits per heavy atom. The molecule has 2 N–H and O–H groups in total. The van der Waals surface area contributed by atoms with E-state index >= 15 is 0 Å². The highest BCUT2D eigenvalue weighted by Gasteiger charge is 2.34. The molecule has 1 amide bonds. The number of carbonyl (C=O) groups excluding carboxylic acids is 1. The molecule has 4 rings (SSSR count). The van der Waals surface area contributed by atoms with E-state index in [1.165, 1.54) is 15.3 Å². The second-order valence-corrected chi connectivity index (χ2v) is 7.17. The molecule has 0 radical (unpaired) electrons. The minimum atomic E-state index is -4.48. The molecule has 1 aliphatic rings. The summed E-state index contributed by atoms with van der Waals surface area (Å²) in [7, 11) is 1.66. The molecule has 3 aromatic heterocycles. The van der Waals surface area contributed by atoms with Crippen LogP contribution in [0.5, 0.6) is 0 Å². The molecular formula is C18H20F3N7O. The van der Waals surface area contributed by atoms with Crippen molar-refractivity contribution in [3.63, 3.8) is 0 Å². The summed E-state index contributed by atoms with van der Waals surface area (Å²) in [6.07, 6.45) is 1.04. The first-order valence-electron chi connectivity index (χ1n) is 9.28. The number of anilines is 1. The highest BCUT2D eigenvalue weighted by molar-refractivity contribution is 5.92. The van der Waals surface area contributed by atoms with Crippen molar-refractivity contribution in [3.05, 3.63) is 42.0 Å². The lowest BCUT2D eigenvalue weighted by molar-refractivity contribution is -0.140. The normalized spacial score (nSPS) is 20.0. The van der Waals surface area contributed by atoms with Gasteiger partial charge in [0.1, 0.15) is 17.2 Å². The lowest BCUT2D eigenvalue weighted by Crippen LogP contribution is -2.40. The molecule has 3 aromatic rings. The molecule has 1 saturated carbocycles. The summed E-state index contributed by atoms with van der Waals surface area (Å²) in [5, 5.41) is 13.8. The molecule has 0 saturated heterocycles. The Balaban J connectivity index is 1.38. The number of carbonyl (C=O) groups is 1. The van der Waals surface area contributed by atoms with Crippen molar-refractivity contribution in [1.29, 1.82) is 0 Å². The summed E-state index contributed by atoms with van der Waals surface area (Å²) in [6.45, 7) is 0. The van der Waals surface area contributed by atoms with E-state index in [0.29, 0.717) is 11.5 Å². The largest absolute Gasteiger partial charge is 0.434 e. The molecular weight excluding hydrogens is 387 g/mol. The maximum Gasteiger partial charge on any atom is 0.434 e. The number of halogens is 3. The van der Waals surface area contributed by atoms with E-state index in [1.807, 2.05) is 0 Å². The molecule has 11 heteroatoms. The maximum atomic E-state index is 13.0. The molecule has 29 heavy (non-hydrogen) atoms. The summed E-state index contributed by atoms with van der Waals surface area (Å²) >= 11 is 0. The predicted octanol–water partition coefficient (Wildman–Crippen LogP) is 2.63. The van der Waals surface area contributed by atoms with Gasteiger partial charge in [-0.05, 0) is 37.8 Å². The van der Waals surface area contributed by atoms with Gasteiger partial charge in [-0.25, -0.2) is 9.67 Å². The topological polar surface area (TPSA) is 89.1 Å². The number of aryl methyl sites for hydroxylation is 1. The number of rotatable bonds is 4. The van der Waals surface area contributed by atoms with Crippen molar-refractivity contribution in [2.75, 3.05) is 5.32 Å². The van der Waals surface area contributed by atoms with Crippen LogP contribution in [0.25, 0.3) is 5.65 Å². The van der Waals surface area contributed by atoms with Crippen LogP contribution in [0.1, 0.15) is 41.9 Å². The summed E-state index contributed by atoms with van der Waals surface area (Å²) < 4.78 is 41.7. The number of hydrogen-bond donors (Lipinski definition) is 2. The van der Waals surface area contributed by atoms with Crippen molar-refractivity contribution in [2.45, 2.75) is 43.9 Å². The summed E-state index contributed by atoms with van der Waals surface area (Å²) in [6, 6.07) is 5.09. The first-order chi connectivity index (χ1) is 13.8. The second-order valence-electron chi connectivity index (χ2n) is 7.17. The zero-order chi connectivity index (χ0) is 20.6. The number of amides is 1. The lowest BCUT2D eigenvalue weighted by atomic mass is 9.91. The molecule has 0 aliphatic heterocycles. The number of nitrogens with one attached hydrogen (secondary N) is 2. The fraction of sp³-hybridized carbons (Fsp3) is 0.444. The van der Waals surface area contributed by atoms with Gasteiger partial charge in [-0.1, -0.05) is 11.3 Å². The van der Waals surface area contributed by atoms with Gasteiger partial charge in [-0.3, -0.25) is 9.20 Å². The van der Waals surface area contributed by atoms with E-state index in [9.17, 15) is 18.0 Å². The quantitative estimate of drug-likeness (QED) is 0.694. The van der Waals surface area contributed by atoms with Gasteiger partial charge < -0.3 is 10.6 Å². The maximum absolute atomic E-state index is 13.0. The second kappa shape index (κ2) is 7.37. The summed E-state index contributed by atoms with van der Waals surface area (Å²) in [4.78, 5) is 15.9. The molecule has 0 aromatic carbocycles. The van der Waals surface area contributed by atoms with Gasteiger partial charge in [0, 0.05) is 25.3 Å². The highest BCUT2D eigenvalue weighted by Crippen LogP contribution is 2.30. The van der Waals surface area contributed by atoms with Crippen LogP contribution in [0.4, 0.5) is 19.0 Å². The van der Waals surface area contributed by atoms with Crippen LogP contribution in [-0.2, 0) is 13.2 Å². The third kappa shape index (κ3) is 4.03. The van der Waals surface area contributed by atoms with E-state index in [2.05, 4.69) is 25.9 Å². The van der Waals surface area contributed by atoms with Gasteiger partial charge >= 0.3 is 6.18 Å². The van der Waals surface area contributed by atoms with Crippen LogP contribution < -0.4 is 10.6 Å². The minimum absolute atomic E-state index is 0.0383. The smallest absolute Gasteiger partial charge is 0.368 e. The Hall–Kier alpha value is -3.11. The van der Waals surface area contributed by atoms with Crippen molar-refractivity contribution in [3.8, 4) is 0 Å². The molecule has 1 fully saturated rings. The molecule has 8 nitrogen and oxygen atoms in total. The van der Waals surface area contributed by atoms with Gasteiger partial charge in [0.05, 0.1) is 6.20 Å². The highest BCUT2D eigenvalue weighted by atomic mass is 19.4. The van der Waals surface area contributed by atoms with E-state index in [1.54, 1.807) is 25.2 Å². The Morgan fingerprint density at radius 3 is 2.55 bits per heavy atom. The van der Waals surface area contributed by atoms with Crippen molar-refractivity contribution < 1.29 is 18.0 Å². The van der Waals surface area contributed by atoms with E-state index in [0.717, 1.165) is 31.9 Å².